The number of hydrogen-bond acceptors (Lipinski definition) is 3. The first-order valence-electron chi connectivity index (χ1n) is 4.54. The maximum atomic E-state index is 10.7. The molecular formula is C11H7ClN2O2. The van der Waals surface area contributed by atoms with Crippen molar-refractivity contribution in [2.24, 2.45) is 0 Å². The van der Waals surface area contributed by atoms with Crippen LogP contribution in [-0.4, -0.2) is 9.91 Å². The van der Waals surface area contributed by atoms with Gasteiger partial charge >= 0.3 is 0 Å². The van der Waals surface area contributed by atoms with Crippen LogP contribution in [0.15, 0.2) is 42.6 Å². The first kappa shape index (κ1) is 10.6. The van der Waals surface area contributed by atoms with Crippen LogP contribution in [0.1, 0.15) is 0 Å². The van der Waals surface area contributed by atoms with E-state index in [1.165, 1.54) is 6.07 Å². The third-order valence-corrected chi connectivity index (χ3v) is 2.51. The molecule has 2 aromatic rings. The standard InChI is InChI=1S/C11H7ClN2O2/c12-11-8(9-5-1-2-7-13-9)4-3-6-10(11)14(15)16/h1-7H. The molecule has 1 aromatic carbocycles. The molecule has 80 valence electrons. The van der Waals surface area contributed by atoms with Crippen molar-refractivity contribution in [1.29, 1.82) is 0 Å². The highest BCUT2D eigenvalue weighted by Crippen LogP contribution is 2.33. The Morgan fingerprint density at radius 1 is 1.19 bits per heavy atom. The molecule has 0 bridgehead atoms. The molecule has 0 aliphatic carbocycles. The number of nitro groups is 1. The molecular weight excluding hydrogens is 228 g/mol. The summed E-state index contributed by atoms with van der Waals surface area (Å²) < 4.78 is 0. The number of nitrogens with zero attached hydrogens (tertiary/aromatic N) is 2. The second kappa shape index (κ2) is 4.28. The van der Waals surface area contributed by atoms with Gasteiger partial charge in [-0.3, -0.25) is 15.1 Å². The molecule has 0 spiro atoms. The van der Waals surface area contributed by atoms with Crippen LogP contribution >= 0.6 is 11.6 Å². The number of halogens is 1. The fourth-order valence-corrected chi connectivity index (χ4v) is 1.67. The van der Waals surface area contributed by atoms with Crippen LogP contribution in [0.5, 0.6) is 0 Å². The van der Waals surface area contributed by atoms with E-state index in [1.807, 2.05) is 0 Å². The lowest BCUT2D eigenvalue weighted by atomic mass is 10.1. The fraction of sp³-hybridized carbons (Fsp3) is 0. The maximum absolute atomic E-state index is 10.7. The first-order chi connectivity index (χ1) is 7.70. The molecule has 0 aliphatic heterocycles. The summed E-state index contributed by atoms with van der Waals surface area (Å²) >= 11 is 5.96. The van der Waals surface area contributed by atoms with Crippen molar-refractivity contribution < 1.29 is 4.92 Å². The summed E-state index contributed by atoms with van der Waals surface area (Å²) in [7, 11) is 0. The molecule has 1 heterocycles. The van der Waals surface area contributed by atoms with Gasteiger partial charge in [-0.05, 0) is 12.1 Å². The Hall–Kier alpha value is -1.94. The van der Waals surface area contributed by atoms with Crippen molar-refractivity contribution in [3.63, 3.8) is 0 Å². The van der Waals surface area contributed by atoms with Crippen molar-refractivity contribution in [3.05, 3.63) is 57.7 Å². The lowest BCUT2D eigenvalue weighted by molar-refractivity contribution is -0.384. The van der Waals surface area contributed by atoms with Gasteiger partial charge in [-0.1, -0.05) is 29.8 Å². The highest BCUT2D eigenvalue weighted by molar-refractivity contribution is 6.35. The van der Waals surface area contributed by atoms with Crippen LogP contribution < -0.4 is 0 Å². The Morgan fingerprint density at radius 3 is 2.62 bits per heavy atom. The molecule has 0 aliphatic rings. The van der Waals surface area contributed by atoms with Gasteiger partial charge in [-0.15, -0.1) is 0 Å². The van der Waals surface area contributed by atoms with Crippen molar-refractivity contribution in [2.45, 2.75) is 0 Å². The number of rotatable bonds is 2. The Bertz CT molecular complexity index is 529. The molecule has 1 aromatic heterocycles. The van der Waals surface area contributed by atoms with Crippen LogP contribution in [0.25, 0.3) is 11.3 Å². The lowest BCUT2D eigenvalue weighted by Gasteiger charge is -2.03. The number of aromatic nitrogens is 1. The molecule has 0 unspecified atom stereocenters. The molecule has 16 heavy (non-hydrogen) atoms. The van der Waals surface area contributed by atoms with Crippen molar-refractivity contribution in [1.82, 2.24) is 4.98 Å². The monoisotopic (exact) mass is 234 g/mol. The van der Waals surface area contributed by atoms with Crippen LogP contribution in [0, 0.1) is 10.1 Å². The fourth-order valence-electron chi connectivity index (χ4n) is 1.38. The highest BCUT2D eigenvalue weighted by atomic mass is 35.5. The molecule has 4 nitrogen and oxygen atoms in total. The van der Waals surface area contributed by atoms with E-state index in [4.69, 9.17) is 11.6 Å². The summed E-state index contributed by atoms with van der Waals surface area (Å²) in [6.07, 6.45) is 1.62. The zero-order valence-corrected chi connectivity index (χ0v) is 8.89. The van der Waals surface area contributed by atoms with Gasteiger partial charge in [0.25, 0.3) is 5.69 Å². The number of benzene rings is 1. The highest BCUT2D eigenvalue weighted by Gasteiger charge is 2.16. The predicted octanol–water partition coefficient (Wildman–Crippen LogP) is 3.31. The molecule has 0 atom stereocenters. The minimum atomic E-state index is -0.505. The third-order valence-electron chi connectivity index (χ3n) is 2.12. The average molecular weight is 235 g/mol. The van der Waals surface area contributed by atoms with Gasteiger partial charge in [0.15, 0.2) is 0 Å². The Kier molecular flexibility index (Phi) is 2.83. The van der Waals surface area contributed by atoms with Gasteiger partial charge in [0.2, 0.25) is 0 Å². The number of pyridine rings is 1. The summed E-state index contributed by atoms with van der Waals surface area (Å²) in [6.45, 7) is 0. The smallest absolute Gasteiger partial charge is 0.258 e. The van der Waals surface area contributed by atoms with Gasteiger partial charge in [-0.2, -0.15) is 0 Å². The minimum Gasteiger partial charge on any atom is -0.258 e. The van der Waals surface area contributed by atoms with Gasteiger partial charge in [0.05, 0.1) is 10.6 Å². The first-order valence-corrected chi connectivity index (χ1v) is 4.92. The topological polar surface area (TPSA) is 56.0 Å². The molecule has 0 radical (unpaired) electrons. The Morgan fingerprint density at radius 2 is 2.00 bits per heavy atom. The predicted molar refractivity (Wildman–Crippen MR) is 61.3 cm³/mol. The lowest BCUT2D eigenvalue weighted by Crippen LogP contribution is -1.91. The van der Waals surface area contributed by atoms with Gasteiger partial charge in [0.1, 0.15) is 5.02 Å². The van der Waals surface area contributed by atoms with Crippen molar-refractivity contribution >= 4 is 17.3 Å². The molecule has 0 saturated heterocycles. The summed E-state index contributed by atoms with van der Waals surface area (Å²) in [5, 5.41) is 10.8. The summed E-state index contributed by atoms with van der Waals surface area (Å²) in [5.41, 5.74) is 1.08. The van der Waals surface area contributed by atoms with E-state index in [2.05, 4.69) is 4.98 Å². The third kappa shape index (κ3) is 1.87. The number of hydrogen-bond donors (Lipinski definition) is 0. The summed E-state index contributed by atoms with van der Waals surface area (Å²) in [5.74, 6) is 0. The minimum absolute atomic E-state index is 0.107. The van der Waals surface area contributed by atoms with E-state index in [9.17, 15) is 10.1 Å². The molecule has 2 rings (SSSR count). The van der Waals surface area contributed by atoms with E-state index in [0.717, 1.165) is 0 Å². The van der Waals surface area contributed by atoms with Crippen LogP contribution in [-0.2, 0) is 0 Å². The van der Waals surface area contributed by atoms with E-state index in [-0.39, 0.29) is 10.7 Å². The van der Waals surface area contributed by atoms with E-state index in [0.29, 0.717) is 11.3 Å². The van der Waals surface area contributed by atoms with Crippen molar-refractivity contribution in [2.75, 3.05) is 0 Å². The Labute approximate surface area is 96.7 Å². The van der Waals surface area contributed by atoms with Crippen LogP contribution in [0.3, 0.4) is 0 Å². The van der Waals surface area contributed by atoms with Crippen molar-refractivity contribution in [3.8, 4) is 11.3 Å². The largest absolute Gasteiger partial charge is 0.288 e. The van der Waals surface area contributed by atoms with Crippen LogP contribution in [0.2, 0.25) is 5.02 Å². The summed E-state index contributed by atoms with van der Waals surface area (Å²) in [6, 6.07) is 10.00. The quantitative estimate of drug-likeness (QED) is 0.592. The van der Waals surface area contributed by atoms with Gasteiger partial charge < -0.3 is 0 Å². The SMILES string of the molecule is O=[N+]([O-])c1cccc(-c2ccccn2)c1Cl. The van der Waals surface area contributed by atoms with E-state index >= 15 is 0 Å². The van der Waals surface area contributed by atoms with E-state index < -0.39 is 4.92 Å². The van der Waals surface area contributed by atoms with Gasteiger partial charge in [-0.25, -0.2) is 0 Å². The number of nitro benzene ring substituents is 1. The molecule has 0 N–H and O–H groups in total. The van der Waals surface area contributed by atoms with Crippen LogP contribution in [0.4, 0.5) is 5.69 Å². The molecule has 0 saturated carbocycles. The second-order valence-electron chi connectivity index (χ2n) is 3.11. The maximum Gasteiger partial charge on any atom is 0.288 e. The zero-order chi connectivity index (χ0) is 11.5. The summed E-state index contributed by atoms with van der Waals surface area (Å²) in [4.78, 5) is 14.3. The second-order valence-corrected chi connectivity index (χ2v) is 3.49. The Balaban J connectivity index is 2.59. The molecule has 5 heteroatoms. The average Bonchev–Trinajstić information content (AvgIpc) is 2.30. The molecule has 0 amide bonds. The van der Waals surface area contributed by atoms with E-state index in [1.54, 1.807) is 36.5 Å². The normalized spacial score (nSPS) is 10.1. The molecule has 0 fully saturated rings. The zero-order valence-electron chi connectivity index (χ0n) is 8.13. The van der Waals surface area contributed by atoms with Gasteiger partial charge in [0, 0.05) is 17.8 Å².